The number of thiophene rings is 1. The van der Waals surface area contributed by atoms with E-state index in [1.165, 1.54) is 29.2 Å². The zero-order valence-electron chi connectivity index (χ0n) is 28.2. The predicted molar refractivity (Wildman–Crippen MR) is 202 cm³/mol. The van der Waals surface area contributed by atoms with Crippen molar-refractivity contribution in [2.75, 3.05) is 23.0 Å². The second kappa shape index (κ2) is 16.5. The van der Waals surface area contributed by atoms with Crippen LogP contribution < -0.4 is 16.0 Å². The number of anilines is 2. The summed E-state index contributed by atoms with van der Waals surface area (Å²) in [6.07, 6.45) is 5.27. The summed E-state index contributed by atoms with van der Waals surface area (Å²) in [7, 11) is 0. The summed E-state index contributed by atoms with van der Waals surface area (Å²) >= 11 is 2.79. The maximum atomic E-state index is 13.5. The molecule has 0 aliphatic heterocycles. The molecule has 51 heavy (non-hydrogen) atoms. The predicted octanol–water partition coefficient (Wildman–Crippen LogP) is 8.51. The lowest BCUT2D eigenvalue weighted by Gasteiger charge is -2.12. The third-order valence-corrected chi connectivity index (χ3v) is 10.4. The first-order valence-corrected chi connectivity index (χ1v) is 18.5. The van der Waals surface area contributed by atoms with Crippen LogP contribution in [0.5, 0.6) is 0 Å². The highest BCUT2D eigenvalue weighted by atomic mass is 32.2. The van der Waals surface area contributed by atoms with Crippen LogP contribution in [0.4, 0.5) is 10.7 Å². The minimum Gasteiger partial charge on any atom is -0.462 e. The highest BCUT2D eigenvalue weighted by Crippen LogP contribution is 2.39. The zero-order valence-corrected chi connectivity index (χ0v) is 29.9. The first-order chi connectivity index (χ1) is 24.8. The van der Waals surface area contributed by atoms with E-state index in [0.29, 0.717) is 33.3 Å². The smallest absolute Gasteiger partial charge is 0.341 e. The van der Waals surface area contributed by atoms with Crippen molar-refractivity contribution in [3.8, 4) is 11.3 Å². The molecule has 3 N–H and O–H groups in total. The lowest BCUT2D eigenvalue weighted by Crippen LogP contribution is -2.30. The van der Waals surface area contributed by atoms with Gasteiger partial charge >= 0.3 is 5.97 Å². The van der Waals surface area contributed by atoms with E-state index >= 15 is 0 Å². The van der Waals surface area contributed by atoms with Gasteiger partial charge in [-0.1, -0.05) is 48.0 Å². The van der Waals surface area contributed by atoms with E-state index in [1.807, 2.05) is 43.3 Å². The van der Waals surface area contributed by atoms with Crippen molar-refractivity contribution in [2.45, 2.75) is 44.4 Å². The Morgan fingerprint density at radius 2 is 1.63 bits per heavy atom. The second-order valence-electron chi connectivity index (χ2n) is 11.9. The lowest BCUT2D eigenvalue weighted by atomic mass is 9.95. The molecule has 2 aromatic heterocycles. The van der Waals surface area contributed by atoms with E-state index in [0.717, 1.165) is 52.1 Å². The number of ether oxygens (including phenoxy) is 1. The summed E-state index contributed by atoms with van der Waals surface area (Å²) in [4.78, 5) is 54.3. The Morgan fingerprint density at radius 1 is 0.882 bits per heavy atom. The van der Waals surface area contributed by atoms with Crippen LogP contribution in [-0.2, 0) is 27.2 Å². The van der Waals surface area contributed by atoms with Crippen molar-refractivity contribution in [3.05, 3.63) is 130 Å². The normalized spacial score (nSPS) is 12.5. The fraction of sp³-hybridized carbons (Fsp3) is 0.200. The summed E-state index contributed by atoms with van der Waals surface area (Å²) in [5.41, 5.74) is 4.40. The van der Waals surface area contributed by atoms with E-state index < -0.39 is 17.8 Å². The fourth-order valence-electron chi connectivity index (χ4n) is 5.61. The molecule has 9 nitrogen and oxygen atoms in total. The van der Waals surface area contributed by atoms with Gasteiger partial charge in [-0.2, -0.15) is 0 Å². The van der Waals surface area contributed by atoms with Gasteiger partial charge in [-0.05, 0) is 93.6 Å². The number of nitrogens with one attached hydrogen (secondary N) is 3. The van der Waals surface area contributed by atoms with Crippen molar-refractivity contribution >= 4 is 63.6 Å². The standard InChI is InChI=1S/C40H37N3O6S2/c1-3-48-40(47)36-31-11-7-8-12-34(31)51-39(36)43-35(44)24-50-30-20-17-28(18-21-30)41-38(46)32(42-37(45)27-9-5-4-6-10-27)23-29-19-22-33(49-29)26-15-13-25(2)14-16-26/h4-6,9-10,13-23H,3,7-8,11-12,24H2,1-2H3,(H,41,46)(H,42,45)(H,43,44)/b32-23-. The largest absolute Gasteiger partial charge is 0.462 e. The maximum absolute atomic E-state index is 13.5. The van der Waals surface area contributed by atoms with Gasteiger partial charge in [-0.15, -0.1) is 23.1 Å². The van der Waals surface area contributed by atoms with E-state index in [4.69, 9.17) is 9.15 Å². The molecule has 2 heterocycles. The van der Waals surface area contributed by atoms with E-state index in [-0.39, 0.29) is 24.0 Å². The average Bonchev–Trinajstić information content (AvgIpc) is 3.76. The minimum absolute atomic E-state index is 0.00114. The molecule has 1 aliphatic rings. The van der Waals surface area contributed by atoms with Crippen LogP contribution in [0.15, 0.2) is 106 Å². The summed E-state index contributed by atoms with van der Waals surface area (Å²) in [5.74, 6) is -0.451. The third kappa shape index (κ3) is 9.05. The third-order valence-electron chi connectivity index (χ3n) is 8.16. The van der Waals surface area contributed by atoms with Gasteiger partial charge in [0.15, 0.2) is 0 Å². The van der Waals surface area contributed by atoms with Gasteiger partial charge in [0.2, 0.25) is 5.91 Å². The molecule has 3 amide bonds. The fourth-order valence-corrected chi connectivity index (χ4v) is 7.60. The first-order valence-electron chi connectivity index (χ1n) is 16.7. The van der Waals surface area contributed by atoms with Gasteiger partial charge < -0.3 is 25.1 Å². The number of aryl methyl sites for hydroxylation is 2. The van der Waals surface area contributed by atoms with Crippen LogP contribution in [0, 0.1) is 6.92 Å². The highest BCUT2D eigenvalue weighted by molar-refractivity contribution is 8.00. The van der Waals surface area contributed by atoms with Crippen molar-refractivity contribution in [2.24, 2.45) is 0 Å². The Labute approximate surface area is 304 Å². The number of furan rings is 1. The van der Waals surface area contributed by atoms with E-state index in [2.05, 4.69) is 16.0 Å². The molecular formula is C40H37N3O6S2. The summed E-state index contributed by atoms with van der Waals surface area (Å²) in [5, 5.41) is 9.06. The number of carbonyl (C=O) groups excluding carboxylic acids is 4. The van der Waals surface area contributed by atoms with Gasteiger partial charge in [-0.3, -0.25) is 14.4 Å². The van der Waals surface area contributed by atoms with Gasteiger partial charge in [-0.25, -0.2) is 4.79 Å². The van der Waals surface area contributed by atoms with Crippen molar-refractivity contribution < 1.29 is 28.3 Å². The number of thioether (sulfide) groups is 1. The summed E-state index contributed by atoms with van der Waals surface area (Å²) in [6, 6.07) is 27.1. The van der Waals surface area contributed by atoms with E-state index in [9.17, 15) is 19.2 Å². The van der Waals surface area contributed by atoms with Gasteiger partial charge in [0.1, 0.15) is 22.2 Å². The van der Waals surface area contributed by atoms with Crippen LogP contribution in [-0.4, -0.2) is 36.1 Å². The van der Waals surface area contributed by atoms with Gasteiger partial charge in [0.25, 0.3) is 11.8 Å². The molecule has 0 radical (unpaired) electrons. The van der Waals surface area contributed by atoms with Crippen LogP contribution in [0.25, 0.3) is 17.4 Å². The molecule has 5 aromatic rings. The molecule has 0 bridgehead atoms. The van der Waals surface area contributed by atoms with Crippen LogP contribution in [0.3, 0.4) is 0 Å². The number of benzene rings is 3. The van der Waals surface area contributed by atoms with Gasteiger partial charge in [0, 0.05) is 32.7 Å². The van der Waals surface area contributed by atoms with Crippen LogP contribution in [0.1, 0.15) is 62.2 Å². The molecule has 3 aromatic carbocycles. The van der Waals surface area contributed by atoms with Crippen molar-refractivity contribution in [3.63, 3.8) is 0 Å². The molecule has 0 unspecified atom stereocenters. The molecule has 0 atom stereocenters. The molecule has 0 saturated heterocycles. The number of hydrogen-bond donors (Lipinski definition) is 3. The Morgan fingerprint density at radius 3 is 2.37 bits per heavy atom. The number of esters is 1. The second-order valence-corrected chi connectivity index (χ2v) is 14.1. The maximum Gasteiger partial charge on any atom is 0.341 e. The lowest BCUT2D eigenvalue weighted by molar-refractivity contribution is -0.114. The molecule has 0 saturated carbocycles. The molecule has 260 valence electrons. The Balaban J connectivity index is 1.11. The highest BCUT2D eigenvalue weighted by Gasteiger charge is 2.27. The number of amides is 3. The van der Waals surface area contributed by atoms with Crippen LogP contribution in [0.2, 0.25) is 0 Å². The Hall–Kier alpha value is -5.39. The number of hydrogen-bond acceptors (Lipinski definition) is 8. The van der Waals surface area contributed by atoms with Crippen molar-refractivity contribution in [1.29, 1.82) is 0 Å². The number of rotatable bonds is 12. The Kier molecular flexibility index (Phi) is 11.5. The number of carbonyl (C=O) groups is 4. The summed E-state index contributed by atoms with van der Waals surface area (Å²) in [6.45, 7) is 4.04. The topological polar surface area (TPSA) is 127 Å². The minimum atomic E-state index is -0.539. The molecular weight excluding hydrogens is 683 g/mol. The Bertz CT molecular complexity index is 2070. The van der Waals surface area contributed by atoms with Crippen LogP contribution >= 0.6 is 23.1 Å². The molecule has 11 heteroatoms. The zero-order chi connectivity index (χ0) is 35.7. The average molecular weight is 720 g/mol. The molecule has 0 fully saturated rings. The quantitative estimate of drug-likeness (QED) is 0.0671. The molecule has 6 rings (SSSR count). The summed E-state index contributed by atoms with van der Waals surface area (Å²) < 4.78 is 11.3. The molecule has 1 aliphatic carbocycles. The first kappa shape index (κ1) is 35.4. The monoisotopic (exact) mass is 719 g/mol. The SMILES string of the molecule is CCOC(=O)c1c(NC(=O)CSc2ccc(NC(=O)/C(=C/c3ccc(-c4ccc(C)cc4)o3)NC(=O)c3ccccc3)cc2)sc2c1CCCC2. The van der Waals surface area contributed by atoms with Gasteiger partial charge in [0.05, 0.1) is 17.9 Å². The van der Waals surface area contributed by atoms with E-state index in [1.54, 1.807) is 61.5 Å². The molecule has 0 spiro atoms. The number of fused-ring (bicyclic) bond motifs is 1. The van der Waals surface area contributed by atoms with Crippen molar-refractivity contribution in [1.82, 2.24) is 5.32 Å².